The summed E-state index contributed by atoms with van der Waals surface area (Å²) in [6.45, 7) is 6.74. The van der Waals surface area contributed by atoms with Gasteiger partial charge in [0.1, 0.15) is 6.04 Å². The molecule has 1 saturated heterocycles. The normalized spacial score (nSPS) is 21.4. The standard InChI is InChI=1S/C15H28N2O3/c1-4-12-8-6-5-7-9-17(12)15(20)16-13(14(18)19)10-11(2)3/h11-13H,4-10H2,1-3H3,(H,16,20)(H,18,19). The fourth-order valence-electron chi connectivity index (χ4n) is 2.79. The average molecular weight is 284 g/mol. The Balaban J connectivity index is 2.67. The van der Waals surface area contributed by atoms with Crippen molar-refractivity contribution >= 4 is 12.0 Å². The molecule has 1 rings (SSSR count). The van der Waals surface area contributed by atoms with Crippen molar-refractivity contribution in [1.82, 2.24) is 10.2 Å². The molecule has 0 spiro atoms. The number of aliphatic carboxylic acids is 1. The first-order chi connectivity index (χ1) is 9.45. The molecule has 0 bridgehead atoms. The van der Waals surface area contributed by atoms with Crippen molar-refractivity contribution in [3.8, 4) is 0 Å². The molecule has 5 nitrogen and oxygen atoms in total. The minimum Gasteiger partial charge on any atom is -0.480 e. The summed E-state index contributed by atoms with van der Waals surface area (Å²) in [5.41, 5.74) is 0. The molecule has 0 radical (unpaired) electrons. The number of urea groups is 1. The molecule has 0 saturated carbocycles. The lowest BCUT2D eigenvalue weighted by molar-refractivity contribution is -0.139. The molecule has 0 aromatic rings. The zero-order valence-electron chi connectivity index (χ0n) is 12.9. The van der Waals surface area contributed by atoms with Crippen molar-refractivity contribution in [2.75, 3.05) is 6.54 Å². The Morgan fingerprint density at radius 3 is 2.55 bits per heavy atom. The van der Waals surface area contributed by atoms with Crippen molar-refractivity contribution in [3.63, 3.8) is 0 Å². The van der Waals surface area contributed by atoms with Crippen LogP contribution in [0.5, 0.6) is 0 Å². The van der Waals surface area contributed by atoms with Crippen molar-refractivity contribution in [3.05, 3.63) is 0 Å². The van der Waals surface area contributed by atoms with Crippen molar-refractivity contribution in [2.45, 2.75) is 71.4 Å². The van der Waals surface area contributed by atoms with Crippen molar-refractivity contribution < 1.29 is 14.7 Å². The van der Waals surface area contributed by atoms with Gasteiger partial charge >= 0.3 is 12.0 Å². The summed E-state index contributed by atoms with van der Waals surface area (Å²) in [5, 5.41) is 11.9. The van der Waals surface area contributed by atoms with Gasteiger partial charge in [-0.1, -0.05) is 33.6 Å². The van der Waals surface area contributed by atoms with Gasteiger partial charge in [-0.25, -0.2) is 9.59 Å². The van der Waals surface area contributed by atoms with Crippen LogP contribution in [0.3, 0.4) is 0 Å². The van der Waals surface area contributed by atoms with E-state index in [0.717, 1.165) is 38.6 Å². The van der Waals surface area contributed by atoms with E-state index in [-0.39, 0.29) is 18.0 Å². The quantitative estimate of drug-likeness (QED) is 0.815. The molecule has 1 aliphatic rings. The fourth-order valence-corrected chi connectivity index (χ4v) is 2.79. The zero-order chi connectivity index (χ0) is 15.1. The Bertz CT molecular complexity index is 331. The van der Waals surface area contributed by atoms with Gasteiger partial charge in [0.15, 0.2) is 0 Å². The number of carboxylic acid groups (broad SMARTS) is 1. The van der Waals surface area contributed by atoms with Crippen molar-refractivity contribution in [1.29, 1.82) is 0 Å². The van der Waals surface area contributed by atoms with Gasteiger partial charge in [-0.05, 0) is 31.6 Å². The number of hydrogen-bond donors (Lipinski definition) is 2. The topological polar surface area (TPSA) is 69.6 Å². The predicted molar refractivity (Wildman–Crippen MR) is 78.7 cm³/mol. The zero-order valence-corrected chi connectivity index (χ0v) is 12.9. The molecule has 2 amide bonds. The van der Waals surface area contributed by atoms with Crippen LogP contribution in [0.2, 0.25) is 0 Å². The third-order valence-corrected chi connectivity index (χ3v) is 3.91. The van der Waals surface area contributed by atoms with Crippen LogP contribution in [-0.2, 0) is 4.79 Å². The summed E-state index contributed by atoms with van der Waals surface area (Å²) in [7, 11) is 0. The Morgan fingerprint density at radius 1 is 1.30 bits per heavy atom. The first kappa shape index (κ1) is 16.8. The second-order valence-corrected chi connectivity index (χ2v) is 6.07. The maximum absolute atomic E-state index is 12.4. The van der Waals surface area contributed by atoms with Crippen LogP contribution >= 0.6 is 0 Å². The van der Waals surface area contributed by atoms with Crippen LogP contribution in [0.1, 0.15) is 59.3 Å². The van der Waals surface area contributed by atoms with Gasteiger partial charge < -0.3 is 15.3 Å². The van der Waals surface area contributed by atoms with Crippen LogP contribution in [0.4, 0.5) is 4.79 Å². The number of carboxylic acids is 1. The Kier molecular flexibility index (Phi) is 6.82. The van der Waals surface area contributed by atoms with Gasteiger partial charge in [0, 0.05) is 12.6 Å². The molecule has 0 aliphatic carbocycles. The van der Waals surface area contributed by atoms with Gasteiger partial charge in [0.2, 0.25) is 0 Å². The van der Waals surface area contributed by atoms with E-state index >= 15 is 0 Å². The highest BCUT2D eigenvalue weighted by Crippen LogP contribution is 2.19. The molecule has 1 fully saturated rings. The van der Waals surface area contributed by atoms with Gasteiger partial charge in [-0.3, -0.25) is 0 Å². The highest BCUT2D eigenvalue weighted by atomic mass is 16.4. The van der Waals surface area contributed by atoms with Crippen LogP contribution in [0.25, 0.3) is 0 Å². The van der Waals surface area contributed by atoms with E-state index in [2.05, 4.69) is 12.2 Å². The number of likely N-dealkylation sites (tertiary alicyclic amines) is 1. The third kappa shape index (κ3) is 5.02. The van der Waals surface area contributed by atoms with Crippen LogP contribution in [0.15, 0.2) is 0 Å². The fraction of sp³-hybridized carbons (Fsp3) is 0.867. The first-order valence-electron chi connectivity index (χ1n) is 7.75. The Morgan fingerprint density at radius 2 is 2.00 bits per heavy atom. The molecule has 116 valence electrons. The summed E-state index contributed by atoms with van der Waals surface area (Å²) in [6.07, 6.45) is 5.71. The second kappa shape index (κ2) is 8.12. The molecule has 20 heavy (non-hydrogen) atoms. The number of nitrogens with zero attached hydrogens (tertiary/aromatic N) is 1. The maximum Gasteiger partial charge on any atom is 0.326 e. The third-order valence-electron chi connectivity index (χ3n) is 3.91. The van der Waals surface area contributed by atoms with Crippen LogP contribution < -0.4 is 5.32 Å². The molecule has 2 unspecified atom stereocenters. The van der Waals surface area contributed by atoms with E-state index in [1.54, 1.807) is 0 Å². The summed E-state index contributed by atoms with van der Waals surface area (Å²) >= 11 is 0. The predicted octanol–water partition coefficient (Wildman–Crippen LogP) is 2.85. The molecule has 0 aromatic carbocycles. The Labute approximate surface area is 121 Å². The van der Waals surface area contributed by atoms with Gasteiger partial charge in [-0.15, -0.1) is 0 Å². The molecule has 0 aromatic heterocycles. The number of amides is 2. The lowest BCUT2D eigenvalue weighted by Gasteiger charge is -2.31. The summed E-state index contributed by atoms with van der Waals surface area (Å²) in [4.78, 5) is 25.4. The number of nitrogens with one attached hydrogen (secondary N) is 1. The minimum absolute atomic E-state index is 0.216. The molecule has 5 heteroatoms. The highest BCUT2D eigenvalue weighted by molar-refractivity contribution is 5.82. The largest absolute Gasteiger partial charge is 0.480 e. The SMILES string of the molecule is CCC1CCCCCN1C(=O)NC(CC(C)C)C(=O)O. The van der Waals surface area contributed by atoms with Crippen LogP contribution in [0, 0.1) is 5.92 Å². The average Bonchev–Trinajstić information content (AvgIpc) is 2.62. The molecule has 1 heterocycles. The maximum atomic E-state index is 12.4. The number of carbonyl (C=O) groups excluding carboxylic acids is 1. The van der Waals surface area contributed by atoms with E-state index in [1.807, 2.05) is 18.7 Å². The minimum atomic E-state index is -0.949. The van der Waals surface area contributed by atoms with E-state index in [4.69, 9.17) is 0 Å². The number of rotatable bonds is 5. The number of hydrogen-bond acceptors (Lipinski definition) is 2. The van der Waals surface area contributed by atoms with Gasteiger partial charge in [0.05, 0.1) is 0 Å². The van der Waals surface area contributed by atoms with Gasteiger partial charge in [0.25, 0.3) is 0 Å². The number of carbonyl (C=O) groups is 2. The molecule has 2 atom stereocenters. The van der Waals surface area contributed by atoms with E-state index in [0.29, 0.717) is 6.42 Å². The molecular weight excluding hydrogens is 256 g/mol. The lowest BCUT2D eigenvalue weighted by Crippen LogP contribution is -2.51. The Hall–Kier alpha value is -1.26. The molecular formula is C15H28N2O3. The lowest BCUT2D eigenvalue weighted by atomic mass is 10.0. The van der Waals surface area contributed by atoms with Crippen LogP contribution in [-0.4, -0.2) is 40.6 Å². The molecule has 2 N–H and O–H groups in total. The molecule has 1 aliphatic heterocycles. The van der Waals surface area contributed by atoms with Gasteiger partial charge in [-0.2, -0.15) is 0 Å². The summed E-state index contributed by atoms with van der Waals surface area (Å²) in [6, 6.07) is -0.763. The van der Waals surface area contributed by atoms with Crippen molar-refractivity contribution in [2.24, 2.45) is 5.92 Å². The van der Waals surface area contributed by atoms with E-state index in [1.165, 1.54) is 0 Å². The smallest absolute Gasteiger partial charge is 0.326 e. The first-order valence-corrected chi connectivity index (χ1v) is 7.75. The second-order valence-electron chi connectivity index (χ2n) is 6.07. The summed E-state index contributed by atoms with van der Waals surface area (Å²) < 4.78 is 0. The summed E-state index contributed by atoms with van der Waals surface area (Å²) in [5.74, 6) is -0.711. The highest BCUT2D eigenvalue weighted by Gasteiger charge is 2.28. The van der Waals surface area contributed by atoms with E-state index in [9.17, 15) is 14.7 Å². The monoisotopic (exact) mass is 284 g/mol. The van der Waals surface area contributed by atoms with E-state index < -0.39 is 12.0 Å².